The maximum Gasteiger partial charge on any atom is 0.192 e. The van der Waals surface area contributed by atoms with Crippen LogP contribution in [-0.4, -0.2) is 34.4 Å². The lowest BCUT2D eigenvalue weighted by Gasteiger charge is -2.06. The van der Waals surface area contributed by atoms with E-state index in [1.165, 1.54) is 0 Å². The lowest BCUT2D eigenvalue weighted by molar-refractivity contribution is 0.887. The molecule has 28 heavy (non-hydrogen) atoms. The van der Waals surface area contributed by atoms with Crippen molar-refractivity contribution in [3.63, 3.8) is 0 Å². The van der Waals surface area contributed by atoms with Crippen molar-refractivity contribution in [2.75, 3.05) is 0 Å². The number of rotatable bonds is 2. The number of hydrogen-bond donors (Lipinski definition) is 0. The summed E-state index contributed by atoms with van der Waals surface area (Å²) >= 11 is 1.63. The summed E-state index contributed by atoms with van der Waals surface area (Å²) in [5, 5.41) is 20.0. The van der Waals surface area contributed by atoms with Crippen LogP contribution in [-0.2, 0) is 0 Å². The minimum absolute atomic E-state index is 0.716. The summed E-state index contributed by atoms with van der Waals surface area (Å²) in [4.78, 5) is 6.69. The molecule has 0 aliphatic rings. The fraction of sp³-hybridized carbons (Fsp3) is 0.0500. The molecule has 0 N–H and O–H groups in total. The Morgan fingerprint density at radius 1 is 0.821 bits per heavy atom. The van der Waals surface area contributed by atoms with E-state index in [4.69, 9.17) is 5.10 Å². The van der Waals surface area contributed by atoms with E-state index in [2.05, 4.69) is 44.5 Å². The molecule has 8 heteroatoms. The zero-order chi connectivity index (χ0) is 18.7. The smallest absolute Gasteiger partial charge is 0.192 e. The van der Waals surface area contributed by atoms with Crippen molar-refractivity contribution in [3.8, 4) is 21.3 Å². The van der Waals surface area contributed by atoms with E-state index >= 15 is 0 Å². The fourth-order valence-corrected chi connectivity index (χ4v) is 4.32. The summed E-state index contributed by atoms with van der Waals surface area (Å²) in [5.74, 6) is 1.48. The lowest BCUT2D eigenvalue weighted by atomic mass is 10.1. The second kappa shape index (κ2) is 5.67. The van der Waals surface area contributed by atoms with Crippen LogP contribution >= 0.6 is 11.3 Å². The Kier molecular flexibility index (Phi) is 3.12. The van der Waals surface area contributed by atoms with Gasteiger partial charge in [-0.1, -0.05) is 30.3 Å². The van der Waals surface area contributed by atoms with Crippen LogP contribution in [0.2, 0.25) is 0 Å². The van der Waals surface area contributed by atoms with Gasteiger partial charge in [-0.2, -0.15) is 9.61 Å². The molecular weight excluding hydrogens is 370 g/mol. The first-order valence-corrected chi connectivity index (χ1v) is 9.62. The van der Waals surface area contributed by atoms with E-state index in [1.807, 2.05) is 43.5 Å². The van der Waals surface area contributed by atoms with Crippen molar-refractivity contribution in [3.05, 3.63) is 66.6 Å². The monoisotopic (exact) mass is 383 g/mol. The molecule has 7 nitrogen and oxygen atoms in total. The van der Waals surface area contributed by atoms with E-state index in [1.54, 1.807) is 20.4 Å². The lowest BCUT2D eigenvalue weighted by Crippen LogP contribution is -1.98. The number of aromatic nitrogens is 7. The topological polar surface area (TPSA) is 73.3 Å². The Balaban J connectivity index is 1.56. The third-order valence-corrected chi connectivity index (χ3v) is 5.81. The number of pyridine rings is 1. The standard InChI is InChI=1S/C20H13N7S/c1-12-22-23-20-14-7-3-2-6-13(14)18(24-27(12)20)15-9-10-16(28-15)19-21-17-8-4-5-11-26(17)25-19/h2-11H,1H3. The Morgan fingerprint density at radius 2 is 1.64 bits per heavy atom. The van der Waals surface area contributed by atoms with Gasteiger partial charge in [0.1, 0.15) is 5.69 Å². The molecule has 0 bridgehead atoms. The number of thiophene rings is 1. The van der Waals surface area contributed by atoms with Gasteiger partial charge in [-0.25, -0.2) is 9.50 Å². The van der Waals surface area contributed by atoms with E-state index in [9.17, 15) is 0 Å². The van der Waals surface area contributed by atoms with Gasteiger partial charge in [-0.05, 0) is 31.2 Å². The molecule has 0 radical (unpaired) electrons. The molecule has 0 amide bonds. The highest BCUT2D eigenvalue weighted by Gasteiger charge is 2.16. The molecule has 0 fully saturated rings. The first-order valence-electron chi connectivity index (χ1n) is 8.81. The van der Waals surface area contributed by atoms with Crippen LogP contribution in [0.5, 0.6) is 0 Å². The van der Waals surface area contributed by atoms with Crippen LogP contribution in [0.4, 0.5) is 0 Å². The molecule has 0 unspecified atom stereocenters. The SMILES string of the molecule is Cc1nnc2c3ccccc3c(-c3ccc(-c4nc5ccccn5n4)s3)nn12. The van der Waals surface area contributed by atoms with E-state index in [0.29, 0.717) is 5.82 Å². The Labute approximate surface area is 162 Å². The molecule has 5 aromatic heterocycles. The largest absolute Gasteiger partial charge is 0.221 e. The van der Waals surface area contributed by atoms with Crippen LogP contribution < -0.4 is 0 Å². The van der Waals surface area contributed by atoms with Gasteiger partial charge >= 0.3 is 0 Å². The van der Waals surface area contributed by atoms with Crippen LogP contribution in [0.3, 0.4) is 0 Å². The molecular formula is C20H13N7S. The zero-order valence-electron chi connectivity index (χ0n) is 14.8. The molecule has 0 aliphatic carbocycles. The van der Waals surface area contributed by atoms with Crippen LogP contribution in [0.25, 0.3) is 43.3 Å². The molecule has 0 aliphatic heterocycles. The van der Waals surface area contributed by atoms with Crippen molar-refractivity contribution in [1.29, 1.82) is 0 Å². The van der Waals surface area contributed by atoms with Gasteiger partial charge in [-0.15, -0.1) is 26.6 Å². The van der Waals surface area contributed by atoms with Crippen molar-refractivity contribution >= 4 is 33.4 Å². The van der Waals surface area contributed by atoms with Gasteiger partial charge in [0.05, 0.1) is 9.75 Å². The van der Waals surface area contributed by atoms with E-state index in [0.717, 1.165) is 43.3 Å². The van der Waals surface area contributed by atoms with Crippen molar-refractivity contribution < 1.29 is 0 Å². The predicted molar refractivity (Wildman–Crippen MR) is 108 cm³/mol. The second-order valence-corrected chi connectivity index (χ2v) is 7.56. The summed E-state index contributed by atoms with van der Waals surface area (Å²) in [6.07, 6.45) is 1.90. The molecule has 0 spiro atoms. The Morgan fingerprint density at radius 3 is 2.54 bits per heavy atom. The van der Waals surface area contributed by atoms with E-state index in [-0.39, 0.29) is 0 Å². The number of aryl methyl sites for hydroxylation is 1. The Hall–Kier alpha value is -3.65. The van der Waals surface area contributed by atoms with Crippen molar-refractivity contribution in [2.24, 2.45) is 0 Å². The first kappa shape index (κ1) is 15.4. The van der Waals surface area contributed by atoms with E-state index < -0.39 is 0 Å². The van der Waals surface area contributed by atoms with Crippen LogP contribution in [0, 0.1) is 6.92 Å². The third kappa shape index (κ3) is 2.18. The van der Waals surface area contributed by atoms with Gasteiger partial charge in [0, 0.05) is 17.0 Å². The van der Waals surface area contributed by atoms with Crippen molar-refractivity contribution in [1.82, 2.24) is 34.4 Å². The molecule has 1 aromatic carbocycles. The normalized spacial score (nSPS) is 11.8. The molecule has 0 saturated carbocycles. The van der Waals surface area contributed by atoms with Crippen LogP contribution in [0.15, 0.2) is 60.8 Å². The third-order valence-electron chi connectivity index (χ3n) is 4.72. The van der Waals surface area contributed by atoms with Gasteiger partial charge < -0.3 is 0 Å². The quantitative estimate of drug-likeness (QED) is 0.451. The molecule has 134 valence electrons. The minimum Gasteiger partial charge on any atom is -0.221 e. The predicted octanol–water partition coefficient (Wildman–Crippen LogP) is 4.02. The first-order chi connectivity index (χ1) is 13.8. The van der Waals surface area contributed by atoms with Crippen LogP contribution in [0.1, 0.15) is 5.82 Å². The van der Waals surface area contributed by atoms with Gasteiger partial charge in [0.25, 0.3) is 0 Å². The summed E-state index contributed by atoms with van der Waals surface area (Å²) in [7, 11) is 0. The Bertz CT molecular complexity index is 1460. The summed E-state index contributed by atoms with van der Waals surface area (Å²) < 4.78 is 3.59. The number of nitrogens with zero attached hydrogens (tertiary/aromatic N) is 7. The highest BCUT2D eigenvalue weighted by Crippen LogP contribution is 2.36. The molecule has 0 atom stereocenters. The number of benzene rings is 1. The maximum atomic E-state index is 4.84. The average Bonchev–Trinajstić information content (AvgIpc) is 3.45. The highest BCUT2D eigenvalue weighted by molar-refractivity contribution is 7.18. The molecule has 6 rings (SSSR count). The summed E-state index contributed by atoms with van der Waals surface area (Å²) in [6.45, 7) is 1.91. The molecule has 6 aromatic rings. The van der Waals surface area contributed by atoms with Gasteiger partial charge in [-0.3, -0.25) is 0 Å². The second-order valence-electron chi connectivity index (χ2n) is 6.48. The molecule has 0 saturated heterocycles. The minimum atomic E-state index is 0.716. The van der Waals surface area contributed by atoms with Gasteiger partial charge in [0.15, 0.2) is 22.9 Å². The molecule has 5 heterocycles. The average molecular weight is 383 g/mol. The highest BCUT2D eigenvalue weighted by atomic mass is 32.1. The van der Waals surface area contributed by atoms with Crippen molar-refractivity contribution in [2.45, 2.75) is 6.92 Å². The van der Waals surface area contributed by atoms with Gasteiger partial charge in [0.2, 0.25) is 0 Å². The summed E-state index contributed by atoms with van der Waals surface area (Å²) in [5.41, 5.74) is 2.51. The number of hydrogen-bond acceptors (Lipinski definition) is 6. The summed E-state index contributed by atoms with van der Waals surface area (Å²) in [6, 6.07) is 18.1. The zero-order valence-corrected chi connectivity index (χ0v) is 15.6. The number of fused-ring (bicyclic) bond motifs is 4. The fourth-order valence-electron chi connectivity index (χ4n) is 3.39. The maximum absolute atomic E-state index is 4.84.